The minimum atomic E-state index is -2.92. The number of anilines is 1. The summed E-state index contributed by atoms with van der Waals surface area (Å²) in [6.45, 7) is -2.78. The van der Waals surface area contributed by atoms with E-state index < -0.39 is 6.61 Å². The van der Waals surface area contributed by atoms with E-state index in [0.717, 1.165) is 0 Å². The van der Waals surface area contributed by atoms with Crippen LogP contribution in [0.3, 0.4) is 0 Å². The zero-order valence-electron chi connectivity index (χ0n) is 10.7. The van der Waals surface area contributed by atoms with E-state index in [1.54, 1.807) is 0 Å². The Morgan fingerprint density at radius 2 is 1.82 bits per heavy atom. The summed E-state index contributed by atoms with van der Waals surface area (Å²) < 4.78 is 33.1. The highest BCUT2D eigenvalue weighted by Crippen LogP contribution is 2.40. The fourth-order valence-corrected chi connectivity index (χ4v) is 2.12. The molecule has 2 aromatic rings. The zero-order valence-corrected chi connectivity index (χ0v) is 12.2. The van der Waals surface area contributed by atoms with Crippen LogP contribution >= 0.6 is 23.2 Å². The van der Waals surface area contributed by atoms with Crippen molar-refractivity contribution in [3.8, 4) is 22.9 Å². The van der Waals surface area contributed by atoms with Gasteiger partial charge in [-0.05, 0) is 24.3 Å². The van der Waals surface area contributed by atoms with Crippen molar-refractivity contribution in [3.63, 3.8) is 0 Å². The van der Waals surface area contributed by atoms with Crippen LogP contribution in [0, 0.1) is 0 Å². The molecule has 5 nitrogen and oxygen atoms in total. The Morgan fingerprint density at radius 3 is 2.36 bits per heavy atom. The van der Waals surface area contributed by atoms with Gasteiger partial charge >= 0.3 is 6.61 Å². The summed E-state index contributed by atoms with van der Waals surface area (Å²) in [5.41, 5.74) is 6.34. The standard InChI is InChI=1S/C13H8Cl2F2N2O3/c14-8-10(18)9(15)12(21-5-20)19-11(8)6-1-3-7(4-2-6)22-13(16)17/h1-5,13H,(H2,18,19). The molecule has 0 bridgehead atoms. The van der Waals surface area contributed by atoms with Gasteiger partial charge in [0.15, 0.2) is 0 Å². The van der Waals surface area contributed by atoms with E-state index in [9.17, 15) is 13.6 Å². The molecule has 2 N–H and O–H groups in total. The van der Waals surface area contributed by atoms with Crippen molar-refractivity contribution in [2.75, 3.05) is 5.73 Å². The number of hydrogen-bond donors (Lipinski definition) is 1. The minimum Gasteiger partial charge on any atom is -0.435 e. The maximum atomic E-state index is 12.1. The molecule has 0 atom stereocenters. The summed E-state index contributed by atoms with van der Waals surface area (Å²) in [6, 6.07) is 5.52. The summed E-state index contributed by atoms with van der Waals surface area (Å²) in [5.74, 6) is -0.234. The molecule has 0 aliphatic heterocycles. The first-order valence-electron chi connectivity index (χ1n) is 5.74. The molecule has 0 aliphatic carbocycles. The van der Waals surface area contributed by atoms with Crippen LogP contribution in [0.25, 0.3) is 11.3 Å². The Morgan fingerprint density at radius 1 is 1.18 bits per heavy atom. The number of rotatable bonds is 5. The SMILES string of the molecule is Nc1c(Cl)c(OC=O)nc(-c2ccc(OC(F)F)cc2)c1Cl. The maximum Gasteiger partial charge on any atom is 0.387 e. The van der Waals surface area contributed by atoms with E-state index in [2.05, 4.69) is 14.5 Å². The third-order valence-electron chi connectivity index (χ3n) is 2.59. The Hall–Kier alpha value is -2.12. The van der Waals surface area contributed by atoms with Crippen molar-refractivity contribution in [3.05, 3.63) is 34.3 Å². The predicted molar refractivity (Wildman–Crippen MR) is 77.4 cm³/mol. The summed E-state index contributed by atoms with van der Waals surface area (Å²) in [7, 11) is 0. The normalized spacial score (nSPS) is 10.6. The highest BCUT2D eigenvalue weighted by molar-refractivity contribution is 6.41. The lowest BCUT2D eigenvalue weighted by Gasteiger charge is -2.11. The summed E-state index contributed by atoms with van der Waals surface area (Å²) in [6.07, 6.45) is 0. The maximum absolute atomic E-state index is 12.1. The Labute approximate surface area is 133 Å². The van der Waals surface area contributed by atoms with Crippen molar-refractivity contribution < 1.29 is 23.0 Å². The number of aromatic nitrogens is 1. The van der Waals surface area contributed by atoms with Crippen molar-refractivity contribution in [1.29, 1.82) is 0 Å². The number of hydrogen-bond acceptors (Lipinski definition) is 5. The van der Waals surface area contributed by atoms with E-state index in [1.165, 1.54) is 24.3 Å². The van der Waals surface area contributed by atoms with Crippen LogP contribution in [0.4, 0.5) is 14.5 Å². The number of carbonyl (C=O) groups excluding carboxylic acids is 1. The molecule has 0 unspecified atom stereocenters. The average Bonchev–Trinajstić information content (AvgIpc) is 2.48. The van der Waals surface area contributed by atoms with Gasteiger partial charge in [0.05, 0.1) is 16.4 Å². The molecule has 22 heavy (non-hydrogen) atoms. The van der Waals surface area contributed by atoms with E-state index >= 15 is 0 Å². The number of ether oxygens (including phenoxy) is 2. The average molecular weight is 349 g/mol. The highest BCUT2D eigenvalue weighted by Gasteiger charge is 2.18. The first kappa shape index (κ1) is 16.3. The molecular formula is C13H8Cl2F2N2O3. The third kappa shape index (κ3) is 3.37. The number of alkyl halides is 2. The molecule has 0 fully saturated rings. The summed E-state index contributed by atoms with van der Waals surface area (Å²) in [4.78, 5) is 14.4. The van der Waals surface area contributed by atoms with Crippen molar-refractivity contribution in [1.82, 2.24) is 4.98 Å². The largest absolute Gasteiger partial charge is 0.435 e. The lowest BCUT2D eigenvalue weighted by molar-refractivity contribution is -0.120. The van der Waals surface area contributed by atoms with Gasteiger partial charge in [-0.3, -0.25) is 4.79 Å². The van der Waals surface area contributed by atoms with Crippen LogP contribution in [0.1, 0.15) is 0 Å². The predicted octanol–water partition coefficient (Wildman–Crippen LogP) is 3.77. The quantitative estimate of drug-likeness (QED) is 0.832. The van der Waals surface area contributed by atoms with Gasteiger partial charge in [0.25, 0.3) is 6.47 Å². The Kier molecular flexibility index (Phi) is 4.99. The fourth-order valence-electron chi connectivity index (χ4n) is 1.65. The van der Waals surface area contributed by atoms with Gasteiger partial charge in [-0.1, -0.05) is 23.2 Å². The molecule has 1 aromatic carbocycles. The number of nitrogen functional groups attached to an aromatic ring is 1. The molecule has 0 spiro atoms. The lowest BCUT2D eigenvalue weighted by atomic mass is 10.1. The first-order chi connectivity index (χ1) is 10.4. The van der Waals surface area contributed by atoms with Crippen LogP contribution in [-0.2, 0) is 4.79 Å². The number of halogens is 4. The van der Waals surface area contributed by atoms with Crippen LogP contribution in [0.2, 0.25) is 10.0 Å². The second-order valence-electron chi connectivity index (χ2n) is 3.92. The molecule has 0 amide bonds. The highest BCUT2D eigenvalue weighted by atomic mass is 35.5. The van der Waals surface area contributed by atoms with Gasteiger partial charge in [0, 0.05) is 5.56 Å². The monoisotopic (exact) mass is 348 g/mol. The van der Waals surface area contributed by atoms with Gasteiger partial charge in [0.1, 0.15) is 10.8 Å². The molecule has 9 heteroatoms. The Balaban J connectivity index is 2.45. The van der Waals surface area contributed by atoms with Crippen LogP contribution < -0.4 is 15.2 Å². The second-order valence-corrected chi connectivity index (χ2v) is 4.68. The van der Waals surface area contributed by atoms with E-state index in [0.29, 0.717) is 5.56 Å². The minimum absolute atomic E-state index is 0.0157. The Bertz CT molecular complexity index is 697. The molecular weight excluding hydrogens is 341 g/mol. The summed E-state index contributed by atoms with van der Waals surface area (Å²) >= 11 is 11.9. The van der Waals surface area contributed by atoms with Crippen LogP contribution in [0.15, 0.2) is 24.3 Å². The molecule has 0 radical (unpaired) electrons. The van der Waals surface area contributed by atoms with Crippen molar-refractivity contribution in [2.24, 2.45) is 0 Å². The number of nitrogens with zero attached hydrogens (tertiary/aromatic N) is 1. The van der Waals surface area contributed by atoms with E-state index in [4.69, 9.17) is 28.9 Å². The molecule has 2 rings (SSSR count). The van der Waals surface area contributed by atoms with Crippen molar-refractivity contribution >= 4 is 35.4 Å². The summed E-state index contributed by atoms with van der Waals surface area (Å²) in [5, 5.41) is -0.0516. The topological polar surface area (TPSA) is 74.4 Å². The molecule has 1 aromatic heterocycles. The number of nitrogens with two attached hydrogens (primary N) is 1. The molecule has 0 aliphatic rings. The number of pyridine rings is 1. The lowest BCUT2D eigenvalue weighted by Crippen LogP contribution is -2.02. The number of benzene rings is 1. The third-order valence-corrected chi connectivity index (χ3v) is 3.34. The van der Waals surface area contributed by atoms with Crippen molar-refractivity contribution in [2.45, 2.75) is 6.61 Å². The first-order valence-corrected chi connectivity index (χ1v) is 6.49. The molecule has 116 valence electrons. The van der Waals surface area contributed by atoms with Crippen LogP contribution in [-0.4, -0.2) is 18.1 Å². The molecule has 0 saturated heterocycles. The smallest absolute Gasteiger partial charge is 0.387 e. The van der Waals surface area contributed by atoms with E-state index in [1.807, 2.05) is 0 Å². The number of carbonyl (C=O) groups is 1. The van der Waals surface area contributed by atoms with Gasteiger partial charge in [-0.25, -0.2) is 4.98 Å². The van der Waals surface area contributed by atoms with E-state index in [-0.39, 0.29) is 39.5 Å². The van der Waals surface area contributed by atoms with Gasteiger partial charge in [-0.2, -0.15) is 8.78 Å². The molecule has 1 heterocycles. The second kappa shape index (κ2) is 6.76. The zero-order chi connectivity index (χ0) is 16.3. The van der Waals surface area contributed by atoms with Gasteiger partial charge in [-0.15, -0.1) is 0 Å². The fraction of sp³-hybridized carbons (Fsp3) is 0.0769. The van der Waals surface area contributed by atoms with Gasteiger partial charge < -0.3 is 15.2 Å². The van der Waals surface area contributed by atoms with Gasteiger partial charge in [0.2, 0.25) is 5.88 Å². The van der Waals surface area contributed by atoms with Crippen LogP contribution in [0.5, 0.6) is 11.6 Å². The molecule has 0 saturated carbocycles.